The van der Waals surface area contributed by atoms with Gasteiger partial charge in [-0.1, -0.05) is 18.2 Å². The maximum absolute atomic E-state index is 11.9. The lowest BCUT2D eigenvalue weighted by Crippen LogP contribution is -2.31. The Labute approximate surface area is 181 Å². The summed E-state index contributed by atoms with van der Waals surface area (Å²) >= 11 is 0. The second-order valence-corrected chi connectivity index (χ2v) is 6.48. The van der Waals surface area contributed by atoms with E-state index in [9.17, 15) is 20.0 Å². The van der Waals surface area contributed by atoms with Crippen molar-refractivity contribution >= 4 is 34.4 Å². The van der Waals surface area contributed by atoms with E-state index in [2.05, 4.69) is 25.6 Å². The molecule has 1 aromatic heterocycles. The van der Waals surface area contributed by atoms with Crippen molar-refractivity contribution in [1.82, 2.24) is 15.6 Å². The Balaban J connectivity index is 1.36. The Hall–Kier alpha value is -4.19. The van der Waals surface area contributed by atoms with Crippen molar-refractivity contribution in [3.05, 3.63) is 52.1 Å². The fraction of sp³-hybridized carbons (Fsp3) is 0.250. The van der Waals surface area contributed by atoms with Crippen molar-refractivity contribution < 1.29 is 28.9 Å². The number of aromatic hydroxyl groups is 1. The highest BCUT2D eigenvalue weighted by Gasteiger charge is 2.19. The topological polar surface area (TPSA) is 162 Å². The molecule has 0 aliphatic heterocycles. The quantitative estimate of drug-likeness (QED) is 0.227. The normalized spacial score (nSPS) is 11.0. The van der Waals surface area contributed by atoms with Crippen LogP contribution in [0.15, 0.2) is 41.0 Å². The number of hydrogen-bond acceptors (Lipinski definition) is 10. The van der Waals surface area contributed by atoms with Crippen LogP contribution in [0.1, 0.15) is 5.56 Å². The number of nitrogens with zero attached hydrogens (tertiary/aromatic N) is 3. The lowest BCUT2D eigenvalue weighted by Gasteiger charge is -2.08. The van der Waals surface area contributed by atoms with Gasteiger partial charge >= 0.3 is 5.69 Å². The molecule has 168 valence electrons. The van der Waals surface area contributed by atoms with Crippen molar-refractivity contribution in [2.24, 2.45) is 0 Å². The first-order chi connectivity index (χ1) is 15.5. The van der Waals surface area contributed by atoms with Crippen molar-refractivity contribution in [1.29, 1.82) is 0 Å². The Bertz CT molecular complexity index is 1130. The number of benzene rings is 2. The number of phenolic OH excluding ortho intramolecular Hbond substituents is 1. The largest absolute Gasteiger partial charge is 0.504 e. The number of non-ortho nitro benzene ring substituents is 1. The number of nitro benzene ring substituents is 1. The predicted molar refractivity (Wildman–Crippen MR) is 114 cm³/mol. The number of carbonyl (C=O) groups excluding carboxylic acids is 1. The van der Waals surface area contributed by atoms with Crippen molar-refractivity contribution in [3.8, 4) is 11.5 Å². The first-order valence-electron chi connectivity index (χ1n) is 9.51. The molecule has 2 aromatic carbocycles. The van der Waals surface area contributed by atoms with Gasteiger partial charge in [-0.25, -0.2) is 4.63 Å². The fourth-order valence-corrected chi connectivity index (χ4v) is 2.80. The van der Waals surface area contributed by atoms with E-state index in [0.717, 1.165) is 5.56 Å². The van der Waals surface area contributed by atoms with Crippen LogP contribution < -0.4 is 15.4 Å². The maximum Gasteiger partial charge on any atom is 0.300 e. The number of hydrogen-bond donors (Lipinski definition) is 3. The van der Waals surface area contributed by atoms with E-state index in [0.29, 0.717) is 24.5 Å². The zero-order chi connectivity index (χ0) is 22.9. The average Bonchev–Trinajstić information content (AvgIpc) is 3.27. The average molecular weight is 443 g/mol. The van der Waals surface area contributed by atoms with Gasteiger partial charge in [0.05, 0.1) is 24.3 Å². The molecule has 12 heteroatoms. The molecule has 0 radical (unpaired) electrons. The van der Waals surface area contributed by atoms with Crippen LogP contribution in [0, 0.1) is 10.1 Å². The SMILES string of the molecule is COc1cc(/C=C/COCC(=O)NCCNc2ccc([N+](=O)[O-])c3nonc23)ccc1O. The number of aromatic nitrogens is 2. The summed E-state index contributed by atoms with van der Waals surface area (Å²) in [6, 6.07) is 7.75. The predicted octanol–water partition coefficient (Wildman–Crippen LogP) is 2.10. The minimum absolute atomic E-state index is 0.0521. The summed E-state index contributed by atoms with van der Waals surface area (Å²) in [5.74, 6) is 0.140. The summed E-state index contributed by atoms with van der Waals surface area (Å²) in [6.07, 6.45) is 3.53. The van der Waals surface area contributed by atoms with Gasteiger partial charge in [0.15, 0.2) is 17.0 Å². The summed E-state index contributed by atoms with van der Waals surface area (Å²) in [5.41, 5.74) is 1.42. The molecule has 0 aliphatic carbocycles. The molecule has 3 aromatic rings. The standard InChI is InChI=1S/C20H21N5O7/c1-30-17-11-13(4-7-16(17)26)3-2-10-31-12-18(27)22-9-8-21-14-5-6-15(25(28)29)20-19(14)23-32-24-20/h2-7,11,21,26H,8-10,12H2,1H3,(H,22,27)/b3-2+. The molecule has 0 fully saturated rings. The number of nitro groups is 1. The Morgan fingerprint density at radius 3 is 2.84 bits per heavy atom. The van der Waals surface area contributed by atoms with E-state index >= 15 is 0 Å². The number of methoxy groups -OCH3 is 1. The molecule has 1 amide bonds. The molecular weight excluding hydrogens is 422 g/mol. The van der Waals surface area contributed by atoms with E-state index in [4.69, 9.17) is 9.47 Å². The third-order valence-electron chi connectivity index (χ3n) is 4.31. The summed E-state index contributed by atoms with van der Waals surface area (Å²) < 4.78 is 14.9. The molecule has 1 heterocycles. The highest BCUT2D eigenvalue weighted by atomic mass is 16.6. The summed E-state index contributed by atoms with van der Waals surface area (Å²) in [6.45, 7) is 0.774. The van der Waals surface area contributed by atoms with Crippen LogP contribution >= 0.6 is 0 Å². The monoisotopic (exact) mass is 443 g/mol. The molecule has 0 bridgehead atoms. The van der Waals surface area contributed by atoms with Crippen LogP contribution in [0.3, 0.4) is 0 Å². The van der Waals surface area contributed by atoms with Gasteiger partial charge in [0.25, 0.3) is 0 Å². The Morgan fingerprint density at radius 2 is 2.06 bits per heavy atom. The van der Waals surface area contributed by atoms with E-state index < -0.39 is 4.92 Å². The first kappa shape index (κ1) is 22.5. The van der Waals surface area contributed by atoms with Crippen LogP contribution in [0.25, 0.3) is 17.1 Å². The van der Waals surface area contributed by atoms with E-state index in [1.54, 1.807) is 24.3 Å². The van der Waals surface area contributed by atoms with Gasteiger partial charge < -0.3 is 25.2 Å². The molecule has 12 nitrogen and oxygen atoms in total. The summed E-state index contributed by atoms with van der Waals surface area (Å²) in [5, 5.41) is 33.5. The van der Waals surface area contributed by atoms with E-state index in [1.807, 2.05) is 0 Å². The second-order valence-electron chi connectivity index (χ2n) is 6.48. The van der Waals surface area contributed by atoms with Crippen LogP contribution in [0.5, 0.6) is 11.5 Å². The molecule has 0 saturated carbocycles. The smallest absolute Gasteiger partial charge is 0.300 e. The minimum atomic E-state index is -0.562. The van der Waals surface area contributed by atoms with Gasteiger partial charge in [-0.05, 0) is 34.1 Å². The Kier molecular flexibility index (Phi) is 7.54. The van der Waals surface area contributed by atoms with Gasteiger partial charge in [-0.15, -0.1) is 0 Å². The second kappa shape index (κ2) is 10.7. The zero-order valence-electron chi connectivity index (χ0n) is 17.1. The zero-order valence-corrected chi connectivity index (χ0v) is 17.1. The van der Waals surface area contributed by atoms with Crippen LogP contribution in [0.2, 0.25) is 0 Å². The third-order valence-corrected chi connectivity index (χ3v) is 4.31. The number of carbonyl (C=O) groups is 1. The number of amides is 1. The first-order valence-corrected chi connectivity index (χ1v) is 9.51. The highest BCUT2D eigenvalue weighted by Crippen LogP contribution is 2.28. The van der Waals surface area contributed by atoms with E-state index in [-0.39, 0.29) is 41.6 Å². The molecule has 0 aliphatic rings. The number of ether oxygens (including phenoxy) is 2. The van der Waals surface area contributed by atoms with Crippen molar-refractivity contribution in [3.63, 3.8) is 0 Å². The third kappa shape index (κ3) is 5.70. The molecular formula is C20H21N5O7. The van der Waals surface area contributed by atoms with Crippen LogP contribution in [0.4, 0.5) is 11.4 Å². The molecule has 0 unspecified atom stereocenters. The number of anilines is 1. The number of fused-ring (bicyclic) bond motifs is 1. The van der Waals surface area contributed by atoms with Gasteiger partial charge in [0.2, 0.25) is 11.4 Å². The fourth-order valence-electron chi connectivity index (χ4n) is 2.80. The molecule has 3 N–H and O–H groups in total. The number of nitrogens with one attached hydrogen (secondary N) is 2. The molecule has 0 saturated heterocycles. The van der Waals surface area contributed by atoms with Crippen LogP contribution in [-0.4, -0.2) is 59.7 Å². The summed E-state index contributed by atoms with van der Waals surface area (Å²) in [7, 11) is 1.47. The number of rotatable bonds is 11. The van der Waals surface area contributed by atoms with Gasteiger partial charge in [-0.2, -0.15) is 0 Å². The van der Waals surface area contributed by atoms with Crippen molar-refractivity contribution in [2.45, 2.75) is 0 Å². The van der Waals surface area contributed by atoms with Crippen LogP contribution in [-0.2, 0) is 9.53 Å². The minimum Gasteiger partial charge on any atom is -0.504 e. The highest BCUT2D eigenvalue weighted by molar-refractivity contribution is 5.93. The molecule has 32 heavy (non-hydrogen) atoms. The van der Waals surface area contributed by atoms with Gasteiger partial charge in [0.1, 0.15) is 6.61 Å². The van der Waals surface area contributed by atoms with E-state index in [1.165, 1.54) is 25.3 Å². The van der Waals surface area contributed by atoms with Crippen molar-refractivity contribution in [2.75, 3.05) is 38.7 Å². The van der Waals surface area contributed by atoms with Gasteiger partial charge in [0, 0.05) is 19.2 Å². The Morgan fingerprint density at radius 1 is 1.25 bits per heavy atom. The molecule has 0 spiro atoms. The lowest BCUT2D eigenvalue weighted by molar-refractivity contribution is -0.383. The van der Waals surface area contributed by atoms with Gasteiger partial charge in [-0.3, -0.25) is 14.9 Å². The molecule has 0 atom stereocenters. The summed E-state index contributed by atoms with van der Waals surface area (Å²) in [4.78, 5) is 22.3. The number of phenols is 1. The lowest BCUT2D eigenvalue weighted by atomic mass is 10.2. The maximum atomic E-state index is 11.9. The molecule has 3 rings (SSSR count).